The van der Waals surface area contributed by atoms with Gasteiger partial charge in [-0.2, -0.15) is 13.2 Å². The third-order valence-corrected chi connectivity index (χ3v) is 8.11. The van der Waals surface area contributed by atoms with E-state index in [0.29, 0.717) is 39.0 Å². The molecule has 0 atom stereocenters. The Balaban J connectivity index is 1.44. The minimum atomic E-state index is -4.64. The highest BCUT2D eigenvalue weighted by molar-refractivity contribution is 7.89. The summed E-state index contributed by atoms with van der Waals surface area (Å²) in [4.78, 5) is 17.1. The van der Waals surface area contributed by atoms with Gasteiger partial charge in [-0.3, -0.25) is 4.79 Å². The Morgan fingerprint density at radius 2 is 1.81 bits per heavy atom. The summed E-state index contributed by atoms with van der Waals surface area (Å²) >= 11 is 7.02. The van der Waals surface area contributed by atoms with Gasteiger partial charge >= 0.3 is 6.18 Å². The monoisotopic (exact) mass is 565 g/mol. The molecule has 0 amide bonds. The Morgan fingerprint density at radius 3 is 2.51 bits per heavy atom. The Hall–Kier alpha value is -3.25. The molecule has 0 aliphatic heterocycles. The number of aromatic nitrogens is 1. The molecule has 0 unspecified atom stereocenters. The number of carbonyl (C=O) groups is 1. The molecule has 4 rings (SSSR count). The first kappa shape index (κ1) is 26.8. The molecule has 0 aliphatic rings. The first-order chi connectivity index (χ1) is 17.4. The van der Waals surface area contributed by atoms with Crippen molar-refractivity contribution in [1.29, 1.82) is 0 Å². The van der Waals surface area contributed by atoms with Crippen molar-refractivity contribution in [2.45, 2.75) is 24.5 Å². The quantitative estimate of drug-likeness (QED) is 0.236. The zero-order chi connectivity index (χ0) is 26.8. The number of sulfonamides is 1. The molecule has 1 aromatic heterocycles. The maximum Gasteiger partial charge on any atom is 0.416 e. The highest BCUT2D eigenvalue weighted by Crippen LogP contribution is 2.33. The topological polar surface area (TPSA) is 88.2 Å². The van der Waals surface area contributed by atoms with Gasteiger partial charge < -0.3 is 5.32 Å². The first-order valence-corrected chi connectivity index (χ1v) is 13.4. The van der Waals surface area contributed by atoms with Crippen molar-refractivity contribution in [3.63, 3.8) is 0 Å². The van der Waals surface area contributed by atoms with Gasteiger partial charge in [0, 0.05) is 17.8 Å². The highest BCUT2D eigenvalue weighted by Gasteiger charge is 2.32. The van der Waals surface area contributed by atoms with E-state index >= 15 is 0 Å². The second kappa shape index (κ2) is 10.6. The number of hydrogen-bond donors (Lipinski definition) is 2. The van der Waals surface area contributed by atoms with Gasteiger partial charge in [0.25, 0.3) is 0 Å². The minimum Gasteiger partial charge on any atom is -0.332 e. The number of rotatable bonds is 8. The van der Waals surface area contributed by atoms with Gasteiger partial charge in [-0.05, 0) is 48.4 Å². The van der Waals surface area contributed by atoms with Crippen molar-refractivity contribution in [2.24, 2.45) is 0 Å². The molecule has 0 spiro atoms. The predicted molar refractivity (Wildman–Crippen MR) is 137 cm³/mol. The van der Waals surface area contributed by atoms with Gasteiger partial charge in [0.15, 0.2) is 5.13 Å². The SMILES string of the molecule is Cc1ccccc1C(=O)c1cnc(Nc2cccc(CNS(=O)(=O)c3ccc(C(F)(F)F)cc3Cl)c2)s1. The molecule has 2 N–H and O–H groups in total. The van der Waals surface area contributed by atoms with Crippen LogP contribution in [-0.2, 0) is 22.7 Å². The number of thiazole rings is 1. The molecule has 3 aromatic carbocycles. The number of halogens is 4. The summed E-state index contributed by atoms with van der Waals surface area (Å²) in [5.41, 5.74) is 1.60. The van der Waals surface area contributed by atoms with Crippen LogP contribution in [-0.4, -0.2) is 19.2 Å². The van der Waals surface area contributed by atoms with Crippen LogP contribution >= 0.6 is 22.9 Å². The van der Waals surface area contributed by atoms with Crippen LogP contribution in [0.15, 0.2) is 77.8 Å². The molecule has 0 saturated heterocycles. The number of alkyl halides is 3. The van der Waals surface area contributed by atoms with Crippen LogP contribution in [0.2, 0.25) is 5.02 Å². The van der Waals surface area contributed by atoms with Crippen molar-refractivity contribution in [2.75, 3.05) is 5.32 Å². The molecular weight excluding hydrogens is 547 g/mol. The number of benzene rings is 3. The molecule has 4 aromatic rings. The predicted octanol–water partition coefficient (Wildman–Crippen LogP) is 6.58. The summed E-state index contributed by atoms with van der Waals surface area (Å²) in [6.45, 7) is 1.72. The lowest BCUT2D eigenvalue weighted by atomic mass is 10.0. The Morgan fingerprint density at radius 1 is 1.05 bits per heavy atom. The third kappa shape index (κ3) is 6.37. The van der Waals surface area contributed by atoms with E-state index in [2.05, 4.69) is 15.0 Å². The lowest BCUT2D eigenvalue weighted by molar-refractivity contribution is -0.137. The van der Waals surface area contributed by atoms with E-state index in [1.807, 2.05) is 19.1 Å². The zero-order valence-electron chi connectivity index (χ0n) is 19.1. The van der Waals surface area contributed by atoms with E-state index < -0.39 is 31.7 Å². The third-order valence-electron chi connectivity index (χ3n) is 5.31. The zero-order valence-corrected chi connectivity index (χ0v) is 21.5. The fourth-order valence-corrected chi connectivity index (χ4v) is 5.78. The molecule has 0 fully saturated rings. The average molecular weight is 566 g/mol. The summed E-state index contributed by atoms with van der Waals surface area (Å²) in [6.07, 6.45) is -3.15. The van der Waals surface area contributed by atoms with Gasteiger partial charge in [0.2, 0.25) is 15.8 Å². The largest absolute Gasteiger partial charge is 0.416 e. The molecular formula is C25H19ClF3N3O3S2. The number of nitrogens with one attached hydrogen (secondary N) is 2. The first-order valence-electron chi connectivity index (χ1n) is 10.7. The lowest BCUT2D eigenvalue weighted by Gasteiger charge is -2.12. The molecule has 0 saturated carbocycles. The van der Waals surface area contributed by atoms with Crippen LogP contribution in [0, 0.1) is 6.92 Å². The van der Waals surface area contributed by atoms with Gasteiger partial charge in [-0.1, -0.05) is 59.3 Å². The maximum absolute atomic E-state index is 12.8. The fraction of sp³-hybridized carbons (Fsp3) is 0.120. The normalized spacial score (nSPS) is 11.9. The second-order valence-corrected chi connectivity index (χ2v) is 11.1. The number of anilines is 2. The molecule has 37 heavy (non-hydrogen) atoms. The van der Waals surface area contributed by atoms with Gasteiger partial charge in [0.05, 0.1) is 21.7 Å². The van der Waals surface area contributed by atoms with Crippen molar-refractivity contribution in [3.05, 3.63) is 105 Å². The van der Waals surface area contributed by atoms with Crippen LogP contribution in [0.25, 0.3) is 0 Å². The van der Waals surface area contributed by atoms with Crippen LogP contribution in [0.1, 0.15) is 31.9 Å². The Kier molecular flexibility index (Phi) is 7.69. The summed E-state index contributed by atoms with van der Waals surface area (Å²) in [5, 5.41) is 3.04. The van der Waals surface area contributed by atoms with Gasteiger partial charge in [-0.25, -0.2) is 18.1 Å². The number of carbonyl (C=O) groups excluding carboxylic acids is 1. The van der Waals surface area contributed by atoms with E-state index in [0.717, 1.165) is 11.6 Å². The number of hydrogen-bond acceptors (Lipinski definition) is 6. The molecule has 0 aliphatic carbocycles. The maximum atomic E-state index is 12.8. The molecule has 12 heteroatoms. The summed E-state index contributed by atoms with van der Waals surface area (Å²) in [5.74, 6) is -0.131. The number of aryl methyl sites for hydroxylation is 1. The Labute approximate surface area is 220 Å². The van der Waals surface area contributed by atoms with Crippen LogP contribution in [0.4, 0.5) is 24.0 Å². The van der Waals surface area contributed by atoms with E-state index in [1.54, 1.807) is 36.4 Å². The van der Waals surface area contributed by atoms with Gasteiger partial charge in [-0.15, -0.1) is 0 Å². The summed E-state index contributed by atoms with van der Waals surface area (Å²) < 4.78 is 66.2. The highest BCUT2D eigenvalue weighted by atomic mass is 35.5. The second-order valence-electron chi connectivity index (χ2n) is 7.97. The van der Waals surface area contributed by atoms with Crippen molar-refractivity contribution in [1.82, 2.24) is 9.71 Å². The lowest BCUT2D eigenvalue weighted by Crippen LogP contribution is -2.23. The van der Waals surface area contributed by atoms with Crippen LogP contribution in [0.5, 0.6) is 0 Å². The van der Waals surface area contributed by atoms with E-state index in [1.165, 1.54) is 17.5 Å². The summed E-state index contributed by atoms with van der Waals surface area (Å²) in [6, 6.07) is 16.1. The molecule has 6 nitrogen and oxygen atoms in total. The fourth-order valence-electron chi connectivity index (χ4n) is 3.43. The van der Waals surface area contributed by atoms with E-state index in [-0.39, 0.29) is 12.3 Å². The van der Waals surface area contributed by atoms with Crippen molar-refractivity contribution < 1.29 is 26.4 Å². The number of ketones is 1. The molecule has 1 heterocycles. The van der Waals surface area contributed by atoms with Crippen molar-refractivity contribution >= 4 is 49.6 Å². The number of nitrogens with zero attached hydrogens (tertiary/aromatic N) is 1. The van der Waals surface area contributed by atoms with E-state index in [9.17, 15) is 26.4 Å². The van der Waals surface area contributed by atoms with E-state index in [4.69, 9.17) is 11.6 Å². The molecule has 0 radical (unpaired) electrons. The summed E-state index contributed by atoms with van der Waals surface area (Å²) in [7, 11) is -4.18. The average Bonchev–Trinajstić information content (AvgIpc) is 3.30. The van der Waals surface area contributed by atoms with Crippen molar-refractivity contribution in [3.8, 4) is 0 Å². The van der Waals surface area contributed by atoms with Gasteiger partial charge in [0.1, 0.15) is 4.90 Å². The van der Waals surface area contributed by atoms with Crippen LogP contribution < -0.4 is 10.0 Å². The smallest absolute Gasteiger partial charge is 0.332 e. The Bertz CT molecular complexity index is 1570. The minimum absolute atomic E-state index is 0.131. The molecule has 192 valence electrons. The standard InChI is InChI=1S/C25H19ClF3N3O3S2/c1-15-5-2-3-8-19(15)23(33)21-14-30-24(36-21)32-18-7-4-6-16(11-18)13-31-37(34,35)22-10-9-17(12-20(22)26)25(27,28)29/h2-12,14,31H,13H2,1H3,(H,30,32). The molecule has 0 bridgehead atoms. The van der Waals surface area contributed by atoms with Crippen LogP contribution in [0.3, 0.4) is 0 Å².